The van der Waals surface area contributed by atoms with Crippen molar-refractivity contribution in [3.05, 3.63) is 58.9 Å². The van der Waals surface area contributed by atoms with Crippen molar-refractivity contribution in [2.24, 2.45) is 5.92 Å². The summed E-state index contributed by atoms with van der Waals surface area (Å²) in [5.74, 6) is 0.560. The van der Waals surface area contributed by atoms with Gasteiger partial charge >= 0.3 is 21.7 Å². The van der Waals surface area contributed by atoms with E-state index in [0.717, 1.165) is 12.8 Å². The van der Waals surface area contributed by atoms with Gasteiger partial charge in [0, 0.05) is 0 Å². The van der Waals surface area contributed by atoms with Crippen LogP contribution in [0.25, 0.3) is 5.73 Å². The minimum atomic E-state index is 0. The van der Waals surface area contributed by atoms with Crippen molar-refractivity contribution in [3.63, 3.8) is 0 Å². The van der Waals surface area contributed by atoms with Crippen LogP contribution in [-0.2, 0) is 21.7 Å². The molecule has 1 nitrogen and oxygen atoms in total. The van der Waals surface area contributed by atoms with Crippen molar-refractivity contribution in [1.82, 2.24) is 0 Å². The summed E-state index contributed by atoms with van der Waals surface area (Å²) in [5, 5.41) is 1.49. The van der Waals surface area contributed by atoms with E-state index in [1.165, 1.54) is 21.9 Å². The molecule has 117 valence electrons. The molecule has 2 aliphatic rings. The maximum Gasteiger partial charge on any atom is 2.00 e. The van der Waals surface area contributed by atoms with Crippen LogP contribution in [0.1, 0.15) is 40.5 Å². The normalized spacial score (nSPS) is 19.2. The zero-order valence-electron chi connectivity index (χ0n) is 14.5. The molecule has 0 spiro atoms. The first-order chi connectivity index (χ1) is 9.95. The number of allylic oxidation sites excluding steroid dienone is 4. The van der Waals surface area contributed by atoms with Gasteiger partial charge in [0.15, 0.2) is 0 Å². The first-order valence-electron chi connectivity index (χ1n) is 7.79. The van der Waals surface area contributed by atoms with Crippen molar-refractivity contribution in [3.8, 4) is 0 Å². The molecule has 1 aromatic rings. The summed E-state index contributed by atoms with van der Waals surface area (Å²) in [5.41, 5.74) is 10.9. The SMILES string of the molecule is CC1=[C-]C(C)C(C)=C1C.C[SiH]c1ccccc1.[NH-]C1CC1.[Ti+2]. The summed E-state index contributed by atoms with van der Waals surface area (Å²) < 4.78 is 0. The first kappa shape index (κ1) is 21.6. The number of nitrogens with one attached hydrogen (secondary N) is 1. The van der Waals surface area contributed by atoms with Gasteiger partial charge in [-0.15, -0.1) is 13.0 Å². The van der Waals surface area contributed by atoms with Gasteiger partial charge in [-0.2, -0.15) is 11.1 Å². The van der Waals surface area contributed by atoms with Crippen LogP contribution < -0.4 is 5.19 Å². The Labute approximate surface area is 154 Å². The fraction of sp³-hybridized carbons (Fsp3) is 0.474. The van der Waals surface area contributed by atoms with Crippen LogP contribution in [0, 0.1) is 12.0 Å². The third-order valence-electron chi connectivity index (χ3n) is 3.95. The third kappa shape index (κ3) is 8.28. The fourth-order valence-corrected chi connectivity index (χ4v) is 2.50. The molecule has 0 heterocycles. The largest absolute Gasteiger partial charge is 2.00 e. The van der Waals surface area contributed by atoms with E-state index >= 15 is 0 Å². The molecule has 22 heavy (non-hydrogen) atoms. The Morgan fingerprint density at radius 3 is 1.77 bits per heavy atom. The van der Waals surface area contributed by atoms with Crippen molar-refractivity contribution >= 4 is 14.7 Å². The molecule has 0 aliphatic heterocycles. The van der Waals surface area contributed by atoms with Gasteiger partial charge in [-0.1, -0.05) is 81.6 Å². The van der Waals surface area contributed by atoms with Gasteiger partial charge in [0.2, 0.25) is 0 Å². The zero-order chi connectivity index (χ0) is 15.8. The van der Waals surface area contributed by atoms with E-state index in [9.17, 15) is 0 Å². The van der Waals surface area contributed by atoms with E-state index in [0.29, 0.717) is 21.5 Å². The number of benzene rings is 1. The predicted molar refractivity (Wildman–Crippen MR) is 96.4 cm³/mol. The molecule has 3 heteroatoms. The van der Waals surface area contributed by atoms with E-state index in [1.807, 2.05) is 0 Å². The van der Waals surface area contributed by atoms with Crippen molar-refractivity contribution in [2.75, 3.05) is 0 Å². The van der Waals surface area contributed by atoms with Crippen LogP contribution in [0.5, 0.6) is 0 Å². The van der Waals surface area contributed by atoms with E-state index in [1.54, 1.807) is 0 Å². The summed E-state index contributed by atoms with van der Waals surface area (Å²) in [4.78, 5) is 0. The van der Waals surface area contributed by atoms with Gasteiger partial charge in [0.1, 0.15) is 0 Å². The Morgan fingerprint density at radius 2 is 1.59 bits per heavy atom. The summed E-state index contributed by atoms with van der Waals surface area (Å²) in [6.07, 6.45) is 5.66. The standard InChI is InChI=1S/C9H13.C7H9Si.C3H6N.Ti/c1-6-5-7(2)9(4)8(6)3;1-8-7-5-3-2-4-6-7;4-3-1-2-3;/h6H,1-4H3;2-6,8H,1H3;3-4H,1-2H2;/q-1;;-1;+2. The maximum absolute atomic E-state index is 6.69. The summed E-state index contributed by atoms with van der Waals surface area (Å²) >= 11 is 0. The van der Waals surface area contributed by atoms with Gasteiger partial charge in [-0.05, 0) is 0 Å². The molecular weight excluding hydrogens is 318 g/mol. The topological polar surface area (TPSA) is 23.8 Å². The van der Waals surface area contributed by atoms with Gasteiger partial charge in [0.05, 0.1) is 9.52 Å². The monoisotopic (exact) mass is 346 g/mol. The second-order valence-corrected chi connectivity index (χ2v) is 7.02. The van der Waals surface area contributed by atoms with Gasteiger partial charge in [-0.3, -0.25) is 6.08 Å². The van der Waals surface area contributed by atoms with E-state index in [4.69, 9.17) is 5.73 Å². The van der Waals surface area contributed by atoms with E-state index in [-0.39, 0.29) is 21.7 Å². The third-order valence-corrected chi connectivity index (χ3v) is 5.00. The molecule has 1 radical (unpaired) electrons. The van der Waals surface area contributed by atoms with Crippen LogP contribution in [0.15, 0.2) is 47.1 Å². The molecular formula is C19H28NSiTi. The summed E-state index contributed by atoms with van der Waals surface area (Å²) in [6.45, 7) is 10.9. The predicted octanol–water partition coefficient (Wildman–Crippen LogP) is 4.72. The Hall–Kier alpha value is -0.409. The number of rotatable bonds is 1. The zero-order valence-corrected chi connectivity index (χ0v) is 17.2. The fourth-order valence-electron chi connectivity index (χ4n) is 1.89. The summed E-state index contributed by atoms with van der Waals surface area (Å²) in [7, 11) is 0.511. The van der Waals surface area contributed by atoms with Crippen LogP contribution in [-0.4, -0.2) is 15.6 Å². The maximum atomic E-state index is 6.69. The average molecular weight is 346 g/mol. The van der Waals surface area contributed by atoms with Gasteiger partial charge < -0.3 is 5.73 Å². The Morgan fingerprint density at radius 1 is 1.09 bits per heavy atom. The number of hydrogen-bond donors (Lipinski definition) is 0. The van der Waals surface area contributed by atoms with Gasteiger partial charge in [0.25, 0.3) is 0 Å². The van der Waals surface area contributed by atoms with E-state index < -0.39 is 0 Å². The Bertz CT molecular complexity index is 489. The molecule has 1 fully saturated rings. The minimum Gasteiger partial charge on any atom is -0.675 e. The quantitative estimate of drug-likeness (QED) is 0.519. The molecule has 0 bridgehead atoms. The molecule has 3 rings (SSSR count). The molecule has 1 atom stereocenters. The first-order valence-corrected chi connectivity index (χ1v) is 9.52. The molecule has 0 amide bonds. The van der Waals surface area contributed by atoms with Crippen molar-refractivity contribution < 1.29 is 21.7 Å². The molecule has 1 N–H and O–H groups in total. The molecule has 0 saturated heterocycles. The molecule has 1 saturated carbocycles. The molecule has 2 aliphatic carbocycles. The van der Waals surface area contributed by atoms with Gasteiger partial charge in [-0.25, -0.2) is 5.57 Å². The van der Waals surface area contributed by atoms with Crippen LogP contribution in [0.2, 0.25) is 6.55 Å². The second-order valence-electron chi connectivity index (χ2n) is 5.77. The smallest absolute Gasteiger partial charge is 0.675 e. The average Bonchev–Trinajstić information content (AvgIpc) is 3.25. The molecule has 1 unspecified atom stereocenters. The minimum absolute atomic E-state index is 0. The van der Waals surface area contributed by atoms with Crippen molar-refractivity contribution in [1.29, 1.82) is 0 Å². The summed E-state index contributed by atoms with van der Waals surface area (Å²) in [6, 6.07) is 10.9. The van der Waals surface area contributed by atoms with Crippen LogP contribution in [0.3, 0.4) is 0 Å². The molecule has 1 aromatic carbocycles. The Kier molecular flexibility index (Phi) is 11.0. The van der Waals surface area contributed by atoms with E-state index in [2.05, 4.69) is 70.6 Å². The second kappa shape index (κ2) is 11.2. The Balaban J connectivity index is 0.000000312. The number of hydrogen-bond acceptors (Lipinski definition) is 0. The van der Waals surface area contributed by atoms with Crippen LogP contribution in [0.4, 0.5) is 0 Å². The molecule has 0 aromatic heterocycles. The van der Waals surface area contributed by atoms with Crippen molar-refractivity contribution in [2.45, 2.75) is 53.1 Å². The van der Waals surface area contributed by atoms with Crippen LogP contribution >= 0.6 is 0 Å².